The van der Waals surface area contributed by atoms with Crippen LogP contribution in [0.25, 0.3) is 0 Å². The summed E-state index contributed by atoms with van der Waals surface area (Å²) in [5.41, 5.74) is -0.0731. The van der Waals surface area contributed by atoms with Gasteiger partial charge in [-0.05, 0) is 12.5 Å². The van der Waals surface area contributed by atoms with Crippen molar-refractivity contribution in [3.8, 4) is 0 Å². The van der Waals surface area contributed by atoms with Crippen LogP contribution in [0.2, 0.25) is 0 Å². The highest BCUT2D eigenvalue weighted by molar-refractivity contribution is 5.66. The number of pyridine rings is 1. The van der Waals surface area contributed by atoms with Gasteiger partial charge in [0.1, 0.15) is 12.0 Å². The minimum atomic E-state index is -0.849. The van der Waals surface area contributed by atoms with Crippen LogP contribution < -0.4 is 5.32 Å². The molecule has 0 saturated heterocycles. The highest BCUT2D eigenvalue weighted by atomic mass is 16.6. The van der Waals surface area contributed by atoms with Crippen molar-refractivity contribution >= 4 is 17.5 Å². The summed E-state index contributed by atoms with van der Waals surface area (Å²) in [5.74, 6) is -0.352. The third-order valence-corrected chi connectivity index (χ3v) is 1.83. The fraction of sp³-hybridized carbons (Fsp3) is 0.333. The molecule has 0 spiro atoms. The molecule has 0 aliphatic heterocycles. The Kier molecular flexibility index (Phi) is 4.19. The van der Waals surface area contributed by atoms with Crippen molar-refractivity contribution in [2.45, 2.75) is 12.8 Å². The quantitative estimate of drug-likeness (QED) is 0.429. The topological polar surface area (TPSA) is 105 Å². The van der Waals surface area contributed by atoms with Crippen LogP contribution in [-0.4, -0.2) is 27.5 Å². The predicted octanol–water partition coefficient (Wildman–Crippen LogP) is 1.27. The van der Waals surface area contributed by atoms with E-state index >= 15 is 0 Å². The van der Waals surface area contributed by atoms with Crippen molar-refractivity contribution < 1.29 is 14.8 Å². The van der Waals surface area contributed by atoms with Crippen molar-refractivity contribution in [1.82, 2.24) is 4.98 Å². The van der Waals surface area contributed by atoms with Gasteiger partial charge in [-0.1, -0.05) is 0 Å². The number of anilines is 1. The van der Waals surface area contributed by atoms with Crippen molar-refractivity contribution in [2.75, 3.05) is 11.9 Å². The zero-order chi connectivity index (χ0) is 12.0. The van der Waals surface area contributed by atoms with Crippen LogP contribution in [0.5, 0.6) is 0 Å². The van der Waals surface area contributed by atoms with Gasteiger partial charge in [-0.3, -0.25) is 14.9 Å². The summed E-state index contributed by atoms with van der Waals surface area (Å²) in [6.45, 7) is 0.469. The molecule has 16 heavy (non-hydrogen) atoms. The average Bonchev–Trinajstić information content (AvgIpc) is 2.25. The van der Waals surface area contributed by atoms with Gasteiger partial charge in [-0.15, -0.1) is 0 Å². The van der Waals surface area contributed by atoms with E-state index in [0.717, 1.165) is 6.20 Å². The largest absolute Gasteiger partial charge is 0.481 e. The highest BCUT2D eigenvalue weighted by Gasteiger charge is 2.04. The number of carboxylic acids is 1. The second-order valence-corrected chi connectivity index (χ2v) is 3.08. The summed E-state index contributed by atoms with van der Waals surface area (Å²) >= 11 is 0. The Morgan fingerprint density at radius 2 is 2.31 bits per heavy atom. The standard InChI is InChI=1S/C9H11N3O4/c13-9(14)2-1-5-10-8-4-3-7(6-11-8)12(15)16/h3-4,6H,1-2,5H2,(H,10,11)(H,13,14). The van der Waals surface area contributed by atoms with E-state index in [-0.39, 0.29) is 12.1 Å². The van der Waals surface area contributed by atoms with E-state index in [2.05, 4.69) is 10.3 Å². The third-order valence-electron chi connectivity index (χ3n) is 1.83. The molecule has 1 heterocycles. The van der Waals surface area contributed by atoms with Crippen LogP contribution in [0.1, 0.15) is 12.8 Å². The van der Waals surface area contributed by atoms with E-state index < -0.39 is 10.9 Å². The number of nitrogens with zero attached hydrogens (tertiary/aromatic N) is 2. The van der Waals surface area contributed by atoms with Crippen LogP contribution in [0.3, 0.4) is 0 Å². The molecule has 0 radical (unpaired) electrons. The number of nitro groups is 1. The van der Waals surface area contributed by atoms with Crippen LogP contribution >= 0.6 is 0 Å². The normalized spacial score (nSPS) is 9.75. The number of carbonyl (C=O) groups is 1. The molecule has 0 unspecified atom stereocenters. The minimum Gasteiger partial charge on any atom is -0.481 e. The SMILES string of the molecule is O=C(O)CCCNc1ccc([N+](=O)[O-])cn1. The van der Waals surface area contributed by atoms with E-state index in [9.17, 15) is 14.9 Å². The number of carboxylic acid groups (broad SMARTS) is 1. The monoisotopic (exact) mass is 225 g/mol. The van der Waals surface area contributed by atoms with Crippen molar-refractivity contribution in [2.24, 2.45) is 0 Å². The molecule has 0 aromatic carbocycles. The number of hydrogen-bond donors (Lipinski definition) is 2. The summed E-state index contributed by atoms with van der Waals surface area (Å²) < 4.78 is 0. The van der Waals surface area contributed by atoms with Crippen LogP contribution in [0, 0.1) is 10.1 Å². The molecule has 0 saturated carbocycles. The van der Waals surface area contributed by atoms with Crippen molar-refractivity contribution in [3.05, 3.63) is 28.4 Å². The molecule has 0 bridgehead atoms. The maximum atomic E-state index is 10.3. The lowest BCUT2D eigenvalue weighted by Crippen LogP contribution is -2.06. The Hall–Kier alpha value is -2.18. The molecular formula is C9H11N3O4. The van der Waals surface area contributed by atoms with Crippen molar-refractivity contribution in [3.63, 3.8) is 0 Å². The van der Waals surface area contributed by atoms with Crippen LogP contribution in [-0.2, 0) is 4.79 Å². The number of hydrogen-bond acceptors (Lipinski definition) is 5. The molecule has 0 atom stereocenters. The summed E-state index contributed by atoms with van der Waals surface area (Å²) in [4.78, 5) is 23.8. The van der Waals surface area contributed by atoms with Gasteiger partial charge >= 0.3 is 5.97 Å². The van der Waals surface area contributed by atoms with Gasteiger partial charge in [0, 0.05) is 19.0 Å². The molecule has 1 rings (SSSR count). The molecule has 86 valence electrons. The molecule has 0 aliphatic rings. The Balaban J connectivity index is 2.38. The molecule has 7 heteroatoms. The van der Waals surface area contributed by atoms with E-state index in [1.807, 2.05) is 0 Å². The summed E-state index contributed by atoms with van der Waals surface area (Å²) in [6, 6.07) is 2.82. The summed E-state index contributed by atoms with van der Waals surface area (Å²) in [5, 5.41) is 21.6. The Morgan fingerprint density at radius 1 is 1.56 bits per heavy atom. The maximum Gasteiger partial charge on any atom is 0.303 e. The molecule has 1 aromatic heterocycles. The minimum absolute atomic E-state index is 0.0731. The zero-order valence-electron chi connectivity index (χ0n) is 8.42. The van der Waals surface area contributed by atoms with Gasteiger partial charge in [-0.25, -0.2) is 4.98 Å². The lowest BCUT2D eigenvalue weighted by molar-refractivity contribution is -0.385. The van der Waals surface area contributed by atoms with E-state index in [0.29, 0.717) is 18.8 Å². The molecule has 0 amide bonds. The fourth-order valence-electron chi connectivity index (χ4n) is 1.05. The lowest BCUT2D eigenvalue weighted by atomic mass is 10.3. The number of aromatic nitrogens is 1. The van der Waals surface area contributed by atoms with Crippen LogP contribution in [0.15, 0.2) is 18.3 Å². The Bertz CT molecular complexity index is 377. The number of nitrogens with one attached hydrogen (secondary N) is 1. The fourth-order valence-corrected chi connectivity index (χ4v) is 1.05. The third kappa shape index (κ3) is 3.91. The highest BCUT2D eigenvalue weighted by Crippen LogP contribution is 2.11. The van der Waals surface area contributed by atoms with E-state index in [4.69, 9.17) is 5.11 Å². The Morgan fingerprint density at radius 3 is 2.81 bits per heavy atom. The van der Waals surface area contributed by atoms with Gasteiger partial charge in [0.25, 0.3) is 5.69 Å². The predicted molar refractivity (Wildman–Crippen MR) is 56.3 cm³/mol. The first kappa shape index (κ1) is 11.9. The Labute approximate surface area is 91.3 Å². The first-order valence-corrected chi connectivity index (χ1v) is 4.65. The van der Waals surface area contributed by atoms with Gasteiger partial charge < -0.3 is 10.4 Å². The molecule has 0 fully saturated rings. The first-order chi connectivity index (χ1) is 7.59. The zero-order valence-corrected chi connectivity index (χ0v) is 8.42. The molecule has 2 N–H and O–H groups in total. The molecule has 0 aliphatic carbocycles. The lowest BCUT2D eigenvalue weighted by Gasteiger charge is -2.03. The summed E-state index contributed by atoms with van der Waals surface area (Å²) in [6.07, 6.45) is 1.72. The van der Waals surface area contributed by atoms with E-state index in [1.165, 1.54) is 12.1 Å². The van der Waals surface area contributed by atoms with Crippen molar-refractivity contribution in [1.29, 1.82) is 0 Å². The summed E-state index contributed by atoms with van der Waals surface area (Å²) in [7, 11) is 0. The average molecular weight is 225 g/mol. The number of aliphatic carboxylic acids is 1. The maximum absolute atomic E-state index is 10.3. The van der Waals surface area contributed by atoms with Gasteiger partial charge in [0.05, 0.1) is 4.92 Å². The van der Waals surface area contributed by atoms with Gasteiger partial charge in [0.15, 0.2) is 0 Å². The smallest absolute Gasteiger partial charge is 0.303 e. The second kappa shape index (κ2) is 5.64. The second-order valence-electron chi connectivity index (χ2n) is 3.08. The number of rotatable bonds is 6. The molecule has 7 nitrogen and oxygen atoms in total. The van der Waals surface area contributed by atoms with Gasteiger partial charge in [0.2, 0.25) is 0 Å². The van der Waals surface area contributed by atoms with Crippen LogP contribution in [0.4, 0.5) is 11.5 Å². The van der Waals surface area contributed by atoms with E-state index in [1.54, 1.807) is 0 Å². The molecule has 1 aromatic rings. The molecular weight excluding hydrogens is 214 g/mol. The first-order valence-electron chi connectivity index (χ1n) is 4.65. The van der Waals surface area contributed by atoms with Gasteiger partial charge in [-0.2, -0.15) is 0 Å².